The first-order valence-electron chi connectivity index (χ1n) is 7.26. The molecule has 0 atom stereocenters. The van der Waals surface area contributed by atoms with Crippen molar-refractivity contribution < 1.29 is 0 Å². The Kier molecular flexibility index (Phi) is 4.45. The first kappa shape index (κ1) is 13.3. The van der Waals surface area contributed by atoms with Gasteiger partial charge in [-0.2, -0.15) is 0 Å². The van der Waals surface area contributed by atoms with Crippen LogP contribution in [0.4, 0.5) is 0 Å². The Morgan fingerprint density at radius 2 is 1.41 bits per heavy atom. The molecule has 100 valence electrons. The van der Waals surface area contributed by atoms with Crippen molar-refractivity contribution in [3.05, 3.63) is 0 Å². The van der Waals surface area contributed by atoms with Gasteiger partial charge in [-0.25, -0.2) is 0 Å². The molecule has 0 aromatic heterocycles. The average molecular weight is 239 g/mol. The molecule has 0 amide bonds. The molecule has 0 aromatic rings. The SMILES string of the molecule is CC(C)N1CCC(CN2CN(C(C)C)C2)CC1. The maximum Gasteiger partial charge on any atom is 0.0532 e. The molecule has 0 N–H and O–H groups in total. The molecule has 3 nitrogen and oxygen atoms in total. The summed E-state index contributed by atoms with van der Waals surface area (Å²) in [5, 5.41) is 0. The van der Waals surface area contributed by atoms with E-state index in [0.29, 0.717) is 6.04 Å². The minimum Gasteiger partial charge on any atom is -0.301 e. The number of likely N-dealkylation sites (tertiary alicyclic amines) is 1. The lowest BCUT2D eigenvalue weighted by Gasteiger charge is -2.47. The van der Waals surface area contributed by atoms with Crippen molar-refractivity contribution >= 4 is 0 Å². The van der Waals surface area contributed by atoms with Gasteiger partial charge in [0.1, 0.15) is 0 Å². The molecule has 2 heterocycles. The summed E-state index contributed by atoms with van der Waals surface area (Å²) in [5.74, 6) is 0.944. The van der Waals surface area contributed by atoms with E-state index in [1.807, 2.05) is 0 Å². The minimum atomic E-state index is 0.717. The zero-order valence-corrected chi connectivity index (χ0v) is 12.0. The van der Waals surface area contributed by atoms with Crippen LogP contribution >= 0.6 is 0 Å². The monoisotopic (exact) mass is 239 g/mol. The second-order valence-electron chi connectivity index (χ2n) is 6.39. The number of hydrogen-bond acceptors (Lipinski definition) is 3. The van der Waals surface area contributed by atoms with Crippen LogP contribution in [0.25, 0.3) is 0 Å². The smallest absolute Gasteiger partial charge is 0.0532 e. The van der Waals surface area contributed by atoms with Gasteiger partial charge in [-0.05, 0) is 59.5 Å². The van der Waals surface area contributed by atoms with E-state index in [1.165, 1.54) is 45.8 Å². The predicted molar refractivity (Wildman–Crippen MR) is 72.8 cm³/mol. The van der Waals surface area contributed by atoms with E-state index in [2.05, 4.69) is 42.4 Å². The zero-order chi connectivity index (χ0) is 12.4. The molecular weight excluding hydrogens is 210 g/mol. The van der Waals surface area contributed by atoms with Gasteiger partial charge in [-0.3, -0.25) is 9.80 Å². The van der Waals surface area contributed by atoms with Crippen molar-refractivity contribution in [2.75, 3.05) is 33.0 Å². The maximum atomic E-state index is 2.62. The highest BCUT2D eigenvalue weighted by atomic mass is 15.5. The Morgan fingerprint density at radius 3 is 1.88 bits per heavy atom. The largest absolute Gasteiger partial charge is 0.301 e. The quantitative estimate of drug-likeness (QED) is 0.743. The summed E-state index contributed by atoms with van der Waals surface area (Å²) in [6.07, 6.45) is 2.80. The van der Waals surface area contributed by atoms with Crippen LogP contribution in [-0.2, 0) is 0 Å². The molecule has 17 heavy (non-hydrogen) atoms. The highest BCUT2D eigenvalue weighted by Crippen LogP contribution is 2.22. The molecular formula is C14H29N3. The van der Waals surface area contributed by atoms with Crippen LogP contribution < -0.4 is 0 Å². The van der Waals surface area contributed by atoms with Crippen molar-refractivity contribution in [2.24, 2.45) is 5.92 Å². The Hall–Kier alpha value is -0.120. The molecule has 2 saturated heterocycles. The van der Waals surface area contributed by atoms with Gasteiger partial charge in [0.15, 0.2) is 0 Å². The second-order valence-corrected chi connectivity index (χ2v) is 6.39. The van der Waals surface area contributed by atoms with Gasteiger partial charge >= 0.3 is 0 Å². The normalized spacial score (nSPS) is 25.8. The first-order chi connectivity index (χ1) is 8.06. The standard InChI is InChI=1S/C14H29N3/c1-12(2)16-7-5-14(6-8-16)9-15-10-17(11-15)13(3)4/h12-14H,5-11H2,1-4H3. The van der Waals surface area contributed by atoms with E-state index >= 15 is 0 Å². The molecule has 0 unspecified atom stereocenters. The van der Waals surface area contributed by atoms with Crippen LogP contribution in [0, 0.1) is 5.92 Å². The van der Waals surface area contributed by atoms with Crippen molar-refractivity contribution in [1.29, 1.82) is 0 Å². The molecule has 2 fully saturated rings. The van der Waals surface area contributed by atoms with Crippen LogP contribution in [0.2, 0.25) is 0 Å². The van der Waals surface area contributed by atoms with Gasteiger partial charge in [0.2, 0.25) is 0 Å². The summed E-state index contributed by atoms with van der Waals surface area (Å²) in [7, 11) is 0. The van der Waals surface area contributed by atoms with E-state index in [4.69, 9.17) is 0 Å². The number of hydrogen-bond donors (Lipinski definition) is 0. The van der Waals surface area contributed by atoms with Gasteiger partial charge in [-0.1, -0.05) is 0 Å². The molecule has 0 aromatic carbocycles. The molecule has 2 rings (SSSR count). The molecule has 0 aliphatic carbocycles. The van der Waals surface area contributed by atoms with Gasteiger partial charge in [0, 0.05) is 18.6 Å². The topological polar surface area (TPSA) is 9.72 Å². The molecule has 0 radical (unpaired) electrons. The van der Waals surface area contributed by atoms with E-state index in [0.717, 1.165) is 12.0 Å². The van der Waals surface area contributed by atoms with Crippen LogP contribution in [0.1, 0.15) is 40.5 Å². The third kappa shape index (κ3) is 3.43. The lowest BCUT2D eigenvalue weighted by atomic mass is 9.95. The molecule has 0 saturated carbocycles. The highest BCUT2D eigenvalue weighted by molar-refractivity contribution is 4.80. The summed E-state index contributed by atoms with van der Waals surface area (Å²) in [6.45, 7) is 15.6. The van der Waals surface area contributed by atoms with Crippen molar-refractivity contribution in [3.63, 3.8) is 0 Å². The Morgan fingerprint density at radius 1 is 0.882 bits per heavy atom. The van der Waals surface area contributed by atoms with Gasteiger partial charge < -0.3 is 4.90 Å². The van der Waals surface area contributed by atoms with Gasteiger partial charge in [0.05, 0.1) is 13.3 Å². The van der Waals surface area contributed by atoms with Crippen LogP contribution in [-0.4, -0.2) is 59.8 Å². The average Bonchev–Trinajstić information content (AvgIpc) is 2.23. The fourth-order valence-electron chi connectivity index (χ4n) is 2.93. The summed E-state index contributed by atoms with van der Waals surface area (Å²) in [6, 6.07) is 1.45. The molecule has 2 aliphatic heterocycles. The van der Waals surface area contributed by atoms with E-state index in [9.17, 15) is 0 Å². The van der Waals surface area contributed by atoms with Crippen LogP contribution in [0.5, 0.6) is 0 Å². The maximum absolute atomic E-state index is 2.62. The van der Waals surface area contributed by atoms with Crippen molar-refractivity contribution in [2.45, 2.75) is 52.6 Å². The third-order valence-electron chi connectivity index (χ3n) is 4.39. The molecule has 3 heteroatoms. The van der Waals surface area contributed by atoms with E-state index in [-0.39, 0.29) is 0 Å². The van der Waals surface area contributed by atoms with Gasteiger partial charge in [0.25, 0.3) is 0 Å². The number of nitrogens with zero attached hydrogens (tertiary/aromatic N) is 3. The second kappa shape index (κ2) is 5.68. The van der Waals surface area contributed by atoms with E-state index in [1.54, 1.807) is 0 Å². The highest BCUT2D eigenvalue weighted by Gasteiger charge is 2.29. The lowest BCUT2D eigenvalue weighted by molar-refractivity contribution is -0.0637. The summed E-state index contributed by atoms with van der Waals surface area (Å²) < 4.78 is 0. The molecule has 2 aliphatic rings. The number of piperidine rings is 1. The Labute approximate surface area is 107 Å². The van der Waals surface area contributed by atoms with E-state index < -0.39 is 0 Å². The Balaban J connectivity index is 1.63. The fourth-order valence-corrected chi connectivity index (χ4v) is 2.93. The predicted octanol–water partition coefficient (Wildman–Crippen LogP) is 2.05. The van der Waals surface area contributed by atoms with Gasteiger partial charge in [-0.15, -0.1) is 0 Å². The lowest BCUT2D eigenvalue weighted by Crippen LogP contribution is -2.59. The molecule has 0 spiro atoms. The molecule has 0 bridgehead atoms. The zero-order valence-electron chi connectivity index (χ0n) is 12.0. The Bertz CT molecular complexity index is 226. The third-order valence-corrected chi connectivity index (χ3v) is 4.39. The van der Waals surface area contributed by atoms with Crippen LogP contribution in [0.15, 0.2) is 0 Å². The summed E-state index contributed by atoms with van der Waals surface area (Å²) in [5.41, 5.74) is 0. The fraction of sp³-hybridized carbons (Fsp3) is 1.00. The first-order valence-corrected chi connectivity index (χ1v) is 7.26. The van der Waals surface area contributed by atoms with Crippen molar-refractivity contribution in [1.82, 2.24) is 14.7 Å². The van der Waals surface area contributed by atoms with Crippen LogP contribution in [0.3, 0.4) is 0 Å². The number of rotatable bonds is 4. The van der Waals surface area contributed by atoms with Crippen molar-refractivity contribution in [3.8, 4) is 0 Å². The summed E-state index contributed by atoms with van der Waals surface area (Å²) in [4.78, 5) is 7.76. The minimum absolute atomic E-state index is 0.717. The summed E-state index contributed by atoms with van der Waals surface area (Å²) >= 11 is 0.